The fraction of sp³-hybridized carbons (Fsp3) is 0.438. The topological polar surface area (TPSA) is 113 Å². The third-order valence-electron chi connectivity index (χ3n) is 4.41. The highest BCUT2D eigenvalue weighted by atomic mass is 32.2. The van der Waals surface area contributed by atoms with Crippen molar-refractivity contribution >= 4 is 29.5 Å². The van der Waals surface area contributed by atoms with E-state index >= 15 is 0 Å². The van der Waals surface area contributed by atoms with Gasteiger partial charge in [0.25, 0.3) is 0 Å². The maximum absolute atomic E-state index is 12.3. The molecule has 2 aliphatic heterocycles. The van der Waals surface area contributed by atoms with Gasteiger partial charge in [0.05, 0.1) is 0 Å². The molecule has 0 aliphatic carbocycles. The number of nitrogens with two attached hydrogens (primary N) is 1. The molecule has 1 aromatic carbocycles. The molecule has 0 aromatic heterocycles. The lowest BCUT2D eigenvalue weighted by atomic mass is 9.95. The van der Waals surface area contributed by atoms with E-state index in [1.807, 2.05) is 6.07 Å². The van der Waals surface area contributed by atoms with Crippen LogP contribution in [0.3, 0.4) is 0 Å². The molecular weight excluding hydrogens is 330 g/mol. The van der Waals surface area contributed by atoms with E-state index in [4.69, 9.17) is 5.73 Å². The van der Waals surface area contributed by atoms with Crippen molar-refractivity contribution in [3.05, 3.63) is 35.9 Å². The SMILES string of the molecule is CC1(C)S[C@H]2[C@@H](NC(=O)[C@H](N)c3ccccc3)C(=O)N2[C@@H]1C(=O)O. The molecule has 0 spiro atoms. The Balaban J connectivity index is 1.71. The predicted molar refractivity (Wildman–Crippen MR) is 89.0 cm³/mol. The van der Waals surface area contributed by atoms with E-state index in [1.54, 1.807) is 38.1 Å². The molecule has 0 saturated carbocycles. The van der Waals surface area contributed by atoms with E-state index in [-0.39, 0.29) is 11.3 Å². The zero-order chi connectivity index (χ0) is 17.6. The number of aliphatic carboxylic acids is 1. The number of carboxylic acids is 1. The standard InChI is InChI=1S/C16H19N3O4S/c1-16(2)11(15(22)23)19-13(21)10(14(19)24-16)18-12(20)9(17)8-6-4-3-5-7-8/h3-7,9-11,14H,17H2,1-2H3,(H,18,20)(H,22,23)/t9-,10+,11-,14+/m1/s1. The molecule has 4 N–H and O–H groups in total. The van der Waals surface area contributed by atoms with Crippen LogP contribution in [-0.4, -0.2) is 50.0 Å². The third kappa shape index (κ3) is 2.55. The maximum Gasteiger partial charge on any atom is 0.327 e. The Labute approximate surface area is 143 Å². The lowest BCUT2D eigenvalue weighted by molar-refractivity contribution is -0.161. The summed E-state index contributed by atoms with van der Waals surface area (Å²) in [5.74, 6) is -1.86. The predicted octanol–water partition coefficient (Wildman–Crippen LogP) is 0.318. The van der Waals surface area contributed by atoms with E-state index in [1.165, 1.54) is 16.7 Å². The van der Waals surface area contributed by atoms with Crippen molar-refractivity contribution in [2.75, 3.05) is 0 Å². The number of carbonyl (C=O) groups is 3. The van der Waals surface area contributed by atoms with Crippen LogP contribution in [0.4, 0.5) is 0 Å². The van der Waals surface area contributed by atoms with Gasteiger partial charge in [-0.1, -0.05) is 30.3 Å². The van der Waals surface area contributed by atoms with Crippen LogP contribution < -0.4 is 11.1 Å². The van der Waals surface area contributed by atoms with Gasteiger partial charge in [-0.15, -0.1) is 11.8 Å². The Bertz CT molecular complexity index is 694. The number of β-lactam (4-membered cyclic amide) rings is 1. The van der Waals surface area contributed by atoms with Crippen molar-refractivity contribution < 1.29 is 19.5 Å². The van der Waals surface area contributed by atoms with Gasteiger partial charge < -0.3 is 21.1 Å². The Morgan fingerprint density at radius 1 is 1.33 bits per heavy atom. The first-order chi connectivity index (χ1) is 11.2. The Morgan fingerprint density at radius 2 is 1.96 bits per heavy atom. The molecule has 2 heterocycles. The molecule has 24 heavy (non-hydrogen) atoms. The zero-order valence-electron chi connectivity index (χ0n) is 13.3. The van der Waals surface area contributed by atoms with E-state index in [9.17, 15) is 19.5 Å². The summed E-state index contributed by atoms with van der Waals surface area (Å²) >= 11 is 1.38. The Morgan fingerprint density at radius 3 is 2.54 bits per heavy atom. The first kappa shape index (κ1) is 16.8. The molecule has 2 amide bonds. The number of amides is 2. The van der Waals surface area contributed by atoms with E-state index in [0.29, 0.717) is 5.56 Å². The second kappa shape index (κ2) is 5.78. The van der Waals surface area contributed by atoms with E-state index in [2.05, 4.69) is 5.32 Å². The number of thioether (sulfide) groups is 1. The number of fused-ring (bicyclic) bond motifs is 1. The number of nitrogens with zero attached hydrogens (tertiary/aromatic N) is 1. The average Bonchev–Trinajstić information content (AvgIpc) is 2.80. The summed E-state index contributed by atoms with van der Waals surface area (Å²) in [5, 5.41) is 11.7. The summed E-state index contributed by atoms with van der Waals surface area (Å²) in [6, 6.07) is 6.38. The molecule has 0 unspecified atom stereocenters. The van der Waals surface area contributed by atoms with Gasteiger partial charge in [-0.2, -0.15) is 0 Å². The van der Waals surface area contributed by atoms with Gasteiger partial charge in [0.1, 0.15) is 23.5 Å². The summed E-state index contributed by atoms with van der Waals surface area (Å²) in [4.78, 5) is 37.5. The van der Waals surface area contributed by atoms with Gasteiger partial charge in [0.15, 0.2) is 0 Å². The van der Waals surface area contributed by atoms with Gasteiger partial charge in [-0.05, 0) is 19.4 Å². The van der Waals surface area contributed by atoms with Crippen molar-refractivity contribution in [3.63, 3.8) is 0 Å². The van der Waals surface area contributed by atoms with Gasteiger partial charge >= 0.3 is 5.97 Å². The lowest BCUT2D eigenvalue weighted by Crippen LogP contribution is -2.71. The van der Waals surface area contributed by atoms with Crippen LogP contribution in [-0.2, 0) is 14.4 Å². The Kier molecular flexibility index (Phi) is 4.05. The lowest BCUT2D eigenvalue weighted by Gasteiger charge is -2.43. The van der Waals surface area contributed by atoms with Crippen LogP contribution in [0.1, 0.15) is 25.5 Å². The second-order valence-corrected chi connectivity index (χ2v) is 8.24. The number of hydrogen-bond donors (Lipinski definition) is 3. The first-order valence-electron chi connectivity index (χ1n) is 7.58. The Hall–Kier alpha value is -2.06. The van der Waals surface area contributed by atoms with Crippen molar-refractivity contribution in [1.29, 1.82) is 0 Å². The molecule has 4 atom stereocenters. The quantitative estimate of drug-likeness (QED) is 0.675. The van der Waals surface area contributed by atoms with Crippen molar-refractivity contribution in [2.45, 2.75) is 42.1 Å². The third-order valence-corrected chi connectivity index (χ3v) is 5.99. The largest absolute Gasteiger partial charge is 0.480 e. The highest BCUT2D eigenvalue weighted by molar-refractivity contribution is 8.01. The molecule has 0 radical (unpaired) electrons. The molecule has 0 bridgehead atoms. The van der Waals surface area contributed by atoms with Crippen LogP contribution in [0, 0.1) is 0 Å². The van der Waals surface area contributed by atoms with Crippen molar-refractivity contribution in [1.82, 2.24) is 10.2 Å². The smallest absolute Gasteiger partial charge is 0.327 e. The number of carbonyl (C=O) groups excluding carboxylic acids is 2. The van der Waals surface area contributed by atoms with Crippen LogP contribution in [0.15, 0.2) is 30.3 Å². The summed E-state index contributed by atoms with van der Waals surface area (Å²) in [5.41, 5.74) is 6.59. The van der Waals surface area contributed by atoms with E-state index < -0.39 is 34.7 Å². The fourth-order valence-electron chi connectivity index (χ4n) is 3.20. The molecule has 3 rings (SSSR count). The number of rotatable bonds is 4. The number of carboxylic acid groups (broad SMARTS) is 1. The number of benzene rings is 1. The molecular formula is C16H19N3O4S. The van der Waals surface area contributed by atoms with Crippen LogP contribution >= 0.6 is 11.8 Å². The van der Waals surface area contributed by atoms with Gasteiger partial charge in [-0.25, -0.2) is 4.79 Å². The molecule has 2 fully saturated rings. The summed E-state index contributed by atoms with van der Waals surface area (Å²) in [6.07, 6.45) is 0. The summed E-state index contributed by atoms with van der Waals surface area (Å²) in [7, 11) is 0. The van der Waals surface area contributed by atoms with Crippen LogP contribution in [0.25, 0.3) is 0 Å². The first-order valence-corrected chi connectivity index (χ1v) is 8.45. The van der Waals surface area contributed by atoms with Crippen molar-refractivity contribution in [2.24, 2.45) is 5.73 Å². The highest BCUT2D eigenvalue weighted by Crippen LogP contribution is 2.50. The zero-order valence-corrected chi connectivity index (χ0v) is 14.1. The average molecular weight is 349 g/mol. The maximum atomic E-state index is 12.3. The summed E-state index contributed by atoms with van der Waals surface area (Å²) in [6.45, 7) is 3.58. The number of hydrogen-bond acceptors (Lipinski definition) is 5. The number of nitrogens with one attached hydrogen (secondary N) is 1. The normalized spacial score (nSPS) is 28.7. The van der Waals surface area contributed by atoms with E-state index in [0.717, 1.165) is 0 Å². The van der Waals surface area contributed by atoms with Crippen molar-refractivity contribution in [3.8, 4) is 0 Å². The second-order valence-electron chi connectivity index (χ2n) is 6.47. The summed E-state index contributed by atoms with van der Waals surface area (Å²) < 4.78 is -0.618. The minimum Gasteiger partial charge on any atom is -0.480 e. The molecule has 128 valence electrons. The molecule has 8 heteroatoms. The fourth-order valence-corrected chi connectivity index (χ4v) is 4.83. The molecule has 7 nitrogen and oxygen atoms in total. The minimum atomic E-state index is -1.03. The minimum absolute atomic E-state index is 0.375. The highest BCUT2D eigenvalue weighted by Gasteiger charge is 2.64. The van der Waals surface area contributed by atoms with Crippen LogP contribution in [0.5, 0.6) is 0 Å². The van der Waals surface area contributed by atoms with Gasteiger partial charge in [0, 0.05) is 4.75 Å². The van der Waals surface area contributed by atoms with Crippen LogP contribution in [0.2, 0.25) is 0 Å². The molecule has 2 saturated heterocycles. The molecule has 2 aliphatic rings. The molecule has 1 aromatic rings. The van der Waals surface area contributed by atoms with Gasteiger partial charge in [-0.3, -0.25) is 9.59 Å². The monoisotopic (exact) mass is 349 g/mol. The van der Waals surface area contributed by atoms with Gasteiger partial charge in [0.2, 0.25) is 11.8 Å².